The van der Waals surface area contributed by atoms with Crippen LogP contribution < -0.4 is 10.2 Å². The van der Waals surface area contributed by atoms with E-state index in [4.69, 9.17) is 14.6 Å². The maximum absolute atomic E-state index is 13.4. The first-order chi connectivity index (χ1) is 18.4. The molecule has 7 heteroatoms. The average molecular weight is 507 g/mol. The minimum Gasteiger partial charge on any atom is -0.486 e. The zero-order valence-electron chi connectivity index (χ0n) is 21.7. The molecule has 0 saturated heterocycles. The molecule has 5 aromatic rings. The fourth-order valence-corrected chi connectivity index (χ4v) is 4.14. The summed E-state index contributed by atoms with van der Waals surface area (Å²) in [5, 5.41) is 9.33. The van der Waals surface area contributed by atoms with Gasteiger partial charge in [0.2, 0.25) is 5.43 Å². The smallest absolute Gasteiger partial charge is 0.210 e. The molecule has 2 heterocycles. The summed E-state index contributed by atoms with van der Waals surface area (Å²) >= 11 is 0. The Morgan fingerprint density at radius 2 is 1.47 bits per heavy atom. The highest BCUT2D eigenvalue weighted by Crippen LogP contribution is 2.28. The van der Waals surface area contributed by atoms with Crippen LogP contribution in [0, 0.1) is 0 Å². The van der Waals surface area contributed by atoms with Gasteiger partial charge < -0.3 is 9.47 Å². The highest BCUT2D eigenvalue weighted by atomic mass is 16.5. The predicted molar refractivity (Wildman–Crippen MR) is 148 cm³/mol. The summed E-state index contributed by atoms with van der Waals surface area (Å²) in [6.45, 7) is 6.60. The molecular weight excluding hydrogens is 476 g/mol. The lowest BCUT2D eigenvalue weighted by Crippen LogP contribution is -2.25. The first kappa shape index (κ1) is 25.2. The number of hydrogen-bond acceptors (Lipinski definition) is 5. The standard InChI is InChI=1S/C31H30N4O3/c1-31(2,3)38-29-17-11-10-16-26(29)35-25(22-37-21-23-12-6-4-7-13-23)20-28(36)30(33-35)27-18-19-32-34(27)24-14-8-5-9-15-24/h4-20H,21-22H2,1-3H3. The van der Waals surface area contributed by atoms with E-state index in [1.165, 1.54) is 0 Å². The Kier molecular flexibility index (Phi) is 7.20. The molecule has 0 bridgehead atoms. The van der Waals surface area contributed by atoms with E-state index >= 15 is 0 Å². The van der Waals surface area contributed by atoms with Crippen LogP contribution in [0.4, 0.5) is 0 Å². The Morgan fingerprint density at radius 1 is 0.789 bits per heavy atom. The number of ether oxygens (including phenoxy) is 2. The molecule has 0 N–H and O–H groups in total. The second kappa shape index (κ2) is 10.9. The lowest BCUT2D eigenvalue weighted by molar-refractivity contribution is 0.102. The Labute approximate surface area is 221 Å². The van der Waals surface area contributed by atoms with Gasteiger partial charge in [0.25, 0.3) is 0 Å². The van der Waals surface area contributed by atoms with E-state index in [0.29, 0.717) is 29.4 Å². The highest BCUT2D eigenvalue weighted by molar-refractivity contribution is 5.58. The van der Waals surface area contributed by atoms with Crippen molar-refractivity contribution in [2.45, 2.75) is 39.6 Å². The predicted octanol–water partition coefficient (Wildman–Crippen LogP) is 5.98. The third-order valence-electron chi connectivity index (χ3n) is 5.76. The van der Waals surface area contributed by atoms with E-state index in [2.05, 4.69) is 5.10 Å². The molecule has 0 saturated carbocycles. The van der Waals surface area contributed by atoms with Crippen molar-refractivity contribution in [1.82, 2.24) is 19.6 Å². The summed E-state index contributed by atoms with van der Waals surface area (Å²) in [5.41, 5.74) is 3.46. The molecule has 0 radical (unpaired) electrons. The van der Waals surface area contributed by atoms with Gasteiger partial charge in [0.05, 0.1) is 36.5 Å². The van der Waals surface area contributed by atoms with Crippen LogP contribution in [0.2, 0.25) is 0 Å². The van der Waals surface area contributed by atoms with Crippen LogP contribution >= 0.6 is 0 Å². The number of para-hydroxylation sites is 3. The van der Waals surface area contributed by atoms with E-state index in [0.717, 1.165) is 11.3 Å². The van der Waals surface area contributed by atoms with Gasteiger partial charge in [-0.2, -0.15) is 10.2 Å². The Bertz CT molecular complexity index is 1570. The number of hydrogen-bond donors (Lipinski definition) is 0. The molecule has 3 aromatic carbocycles. The molecule has 0 unspecified atom stereocenters. The minimum atomic E-state index is -0.423. The van der Waals surface area contributed by atoms with Gasteiger partial charge in [-0.3, -0.25) is 4.79 Å². The van der Waals surface area contributed by atoms with E-state index < -0.39 is 5.60 Å². The summed E-state index contributed by atoms with van der Waals surface area (Å²) in [6.07, 6.45) is 1.67. The summed E-state index contributed by atoms with van der Waals surface area (Å²) in [4.78, 5) is 13.4. The zero-order chi connectivity index (χ0) is 26.5. The van der Waals surface area contributed by atoms with Crippen LogP contribution in [-0.2, 0) is 18.0 Å². The molecular formula is C31H30N4O3. The molecule has 0 aliphatic rings. The summed E-state index contributed by atoms with van der Waals surface area (Å²) in [6, 6.07) is 30.7. The summed E-state index contributed by atoms with van der Waals surface area (Å²) in [5.74, 6) is 0.656. The largest absolute Gasteiger partial charge is 0.486 e. The van der Waals surface area contributed by atoms with Crippen molar-refractivity contribution >= 4 is 0 Å². The molecule has 2 aromatic heterocycles. The Balaban J connectivity index is 1.60. The molecule has 0 atom stereocenters. The molecule has 7 nitrogen and oxygen atoms in total. The van der Waals surface area contributed by atoms with Gasteiger partial charge in [-0.1, -0.05) is 60.7 Å². The van der Waals surface area contributed by atoms with Crippen LogP contribution in [0.3, 0.4) is 0 Å². The second-order valence-corrected chi connectivity index (χ2v) is 9.88. The van der Waals surface area contributed by atoms with Crippen molar-refractivity contribution in [3.8, 4) is 28.5 Å². The van der Waals surface area contributed by atoms with Crippen molar-refractivity contribution in [2.75, 3.05) is 0 Å². The minimum absolute atomic E-state index is 0.194. The summed E-state index contributed by atoms with van der Waals surface area (Å²) in [7, 11) is 0. The van der Waals surface area contributed by atoms with Gasteiger partial charge in [-0.15, -0.1) is 0 Å². The second-order valence-electron chi connectivity index (χ2n) is 9.88. The fourth-order valence-electron chi connectivity index (χ4n) is 4.14. The van der Waals surface area contributed by atoms with Crippen LogP contribution in [0.1, 0.15) is 32.0 Å². The Hall–Kier alpha value is -4.49. The molecule has 5 rings (SSSR count). The number of aromatic nitrogens is 4. The lowest BCUT2D eigenvalue weighted by Gasteiger charge is -2.24. The van der Waals surface area contributed by atoms with Gasteiger partial charge in [0.15, 0.2) is 5.69 Å². The van der Waals surface area contributed by atoms with Gasteiger partial charge in [-0.25, -0.2) is 9.36 Å². The van der Waals surface area contributed by atoms with Gasteiger partial charge in [0, 0.05) is 6.07 Å². The highest BCUT2D eigenvalue weighted by Gasteiger charge is 2.20. The molecule has 0 aliphatic heterocycles. The molecule has 0 amide bonds. The van der Waals surface area contributed by atoms with Crippen molar-refractivity contribution < 1.29 is 9.47 Å². The van der Waals surface area contributed by atoms with Gasteiger partial charge in [-0.05, 0) is 56.7 Å². The number of benzene rings is 3. The zero-order valence-corrected chi connectivity index (χ0v) is 21.7. The number of nitrogens with zero attached hydrogens (tertiary/aromatic N) is 4. The first-order valence-corrected chi connectivity index (χ1v) is 12.5. The molecule has 192 valence electrons. The summed E-state index contributed by atoms with van der Waals surface area (Å²) < 4.78 is 15.8. The van der Waals surface area contributed by atoms with Crippen LogP contribution in [0.5, 0.6) is 5.75 Å². The van der Waals surface area contributed by atoms with Crippen molar-refractivity contribution in [1.29, 1.82) is 0 Å². The fraction of sp³-hybridized carbons (Fsp3) is 0.194. The molecule has 0 spiro atoms. The molecule has 0 aliphatic carbocycles. The van der Waals surface area contributed by atoms with Gasteiger partial charge >= 0.3 is 0 Å². The monoisotopic (exact) mass is 506 g/mol. The van der Waals surface area contributed by atoms with E-state index in [9.17, 15) is 4.79 Å². The maximum Gasteiger partial charge on any atom is 0.210 e. The third kappa shape index (κ3) is 5.74. The van der Waals surface area contributed by atoms with Crippen LogP contribution in [0.15, 0.2) is 108 Å². The van der Waals surface area contributed by atoms with Crippen LogP contribution in [-0.4, -0.2) is 25.2 Å². The Morgan fingerprint density at radius 3 is 2.21 bits per heavy atom. The quantitative estimate of drug-likeness (QED) is 0.259. The van der Waals surface area contributed by atoms with Crippen molar-refractivity contribution in [3.05, 3.63) is 125 Å². The van der Waals surface area contributed by atoms with Crippen molar-refractivity contribution in [3.63, 3.8) is 0 Å². The van der Waals surface area contributed by atoms with Gasteiger partial charge in [0.1, 0.15) is 17.0 Å². The maximum atomic E-state index is 13.4. The number of rotatable bonds is 8. The normalized spacial score (nSPS) is 11.4. The SMILES string of the molecule is CC(C)(C)Oc1ccccc1-n1nc(-c2ccnn2-c2ccccc2)c(=O)cc1COCc1ccccc1. The van der Waals surface area contributed by atoms with E-state index in [-0.39, 0.29) is 17.7 Å². The van der Waals surface area contributed by atoms with E-state index in [1.807, 2.05) is 106 Å². The third-order valence-corrected chi connectivity index (χ3v) is 5.76. The molecule has 0 fully saturated rings. The first-order valence-electron chi connectivity index (χ1n) is 12.5. The average Bonchev–Trinajstić information content (AvgIpc) is 3.39. The molecule has 38 heavy (non-hydrogen) atoms. The van der Waals surface area contributed by atoms with Crippen LogP contribution in [0.25, 0.3) is 22.8 Å². The van der Waals surface area contributed by atoms with E-state index in [1.54, 1.807) is 27.7 Å². The lowest BCUT2D eigenvalue weighted by atomic mass is 10.2. The topological polar surface area (TPSA) is 71.2 Å². The van der Waals surface area contributed by atoms with Crippen molar-refractivity contribution in [2.24, 2.45) is 0 Å².